The summed E-state index contributed by atoms with van der Waals surface area (Å²) in [6, 6.07) is 4.06. The van der Waals surface area contributed by atoms with E-state index in [0.717, 1.165) is 18.5 Å². The Labute approximate surface area is 180 Å². The van der Waals surface area contributed by atoms with Gasteiger partial charge in [-0.15, -0.1) is 6.42 Å². The number of fused-ring (bicyclic) bond motifs is 2. The van der Waals surface area contributed by atoms with Crippen LogP contribution >= 0.6 is 0 Å². The van der Waals surface area contributed by atoms with E-state index in [9.17, 15) is 4.39 Å². The number of nitrogens with one attached hydrogen (secondary N) is 1. The van der Waals surface area contributed by atoms with Crippen molar-refractivity contribution in [2.24, 2.45) is 0 Å². The lowest BCUT2D eigenvalue weighted by Gasteiger charge is -2.20. The Hall–Kier alpha value is -3.38. The van der Waals surface area contributed by atoms with Gasteiger partial charge in [0.15, 0.2) is 28.5 Å². The van der Waals surface area contributed by atoms with E-state index in [4.69, 9.17) is 21.6 Å². The molecule has 1 aliphatic rings. The van der Waals surface area contributed by atoms with Gasteiger partial charge >= 0.3 is 6.08 Å². The molecule has 2 aromatic heterocycles. The number of hydrogen-bond acceptors (Lipinski definition) is 7. The molecule has 0 spiro atoms. The number of halogens is 1. The van der Waals surface area contributed by atoms with Crippen molar-refractivity contribution in [2.45, 2.75) is 39.3 Å². The summed E-state index contributed by atoms with van der Waals surface area (Å²) < 4.78 is 27.1. The molecule has 0 saturated heterocycles. The van der Waals surface area contributed by atoms with Gasteiger partial charge in [0, 0.05) is 24.6 Å². The molecule has 4 rings (SSSR count). The van der Waals surface area contributed by atoms with Crippen molar-refractivity contribution in [1.82, 2.24) is 24.8 Å². The summed E-state index contributed by atoms with van der Waals surface area (Å²) in [6.45, 7) is 6.54. The molecule has 8 nitrogen and oxygen atoms in total. The van der Waals surface area contributed by atoms with Crippen LogP contribution in [0, 0.1) is 18.4 Å². The number of nitrogen functional groups attached to an aromatic ring is 1. The molecule has 0 aliphatic carbocycles. The lowest BCUT2D eigenvalue weighted by molar-refractivity contribution is 0.171. The summed E-state index contributed by atoms with van der Waals surface area (Å²) in [4.78, 5) is 12.2. The lowest BCUT2D eigenvalue weighted by Crippen LogP contribution is -2.24. The molecular weight excluding hydrogens is 399 g/mol. The minimum atomic E-state index is -0.873. The number of imidazole rings is 1. The Balaban J connectivity index is 1.72. The predicted molar refractivity (Wildman–Crippen MR) is 116 cm³/mol. The van der Waals surface area contributed by atoms with Crippen LogP contribution in [0.2, 0.25) is 0 Å². The van der Waals surface area contributed by atoms with E-state index < -0.39 is 6.08 Å². The van der Waals surface area contributed by atoms with Gasteiger partial charge in [-0.05, 0) is 30.7 Å². The van der Waals surface area contributed by atoms with E-state index in [0.29, 0.717) is 66.3 Å². The first kappa shape index (κ1) is 20.9. The standard InChI is InChI=1S/C22H25FN6O2/c1-4-14-10-16-17(31-9-8-30-16)11-15(14)12-18-26-19-20(24)27-22(23)28-21(19)29(18)7-5-6-25-13(2)3/h1,10-11,13,25H,5-9,12H2,2-3H3,(H2,24,27,28). The third kappa shape index (κ3) is 4.39. The normalized spacial score (nSPS) is 13.0. The van der Waals surface area contributed by atoms with Gasteiger partial charge in [0.1, 0.15) is 19.0 Å². The van der Waals surface area contributed by atoms with E-state index in [1.54, 1.807) is 6.07 Å². The number of hydrogen-bond donors (Lipinski definition) is 2. The minimum absolute atomic E-state index is 0.0159. The Bertz CT molecular complexity index is 1150. The molecule has 1 aromatic carbocycles. The Morgan fingerprint density at radius 1 is 1.23 bits per heavy atom. The molecule has 3 heterocycles. The van der Waals surface area contributed by atoms with Crippen LogP contribution in [0.15, 0.2) is 12.1 Å². The Morgan fingerprint density at radius 3 is 2.68 bits per heavy atom. The molecule has 9 heteroatoms. The van der Waals surface area contributed by atoms with E-state index in [2.05, 4.69) is 40.0 Å². The first-order valence-corrected chi connectivity index (χ1v) is 10.3. The zero-order valence-corrected chi connectivity index (χ0v) is 17.6. The second-order valence-electron chi connectivity index (χ2n) is 7.67. The first-order chi connectivity index (χ1) is 15.0. The van der Waals surface area contributed by atoms with E-state index in [1.807, 2.05) is 10.6 Å². The van der Waals surface area contributed by atoms with Crippen molar-refractivity contribution in [3.05, 3.63) is 35.2 Å². The summed E-state index contributed by atoms with van der Waals surface area (Å²) in [7, 11) is 0. The van der Waals surface area contributed by atoms with Crippen LogP contribution in [-0.2, 0) is 13.0 Å². The fourth-order valence-corrected chi connectivity index (χ4v) is 3.62. The van der Waals surface area contributed by atoms with E-state index in [-0.39, 0.29) is 5.82 Å². The average Bonchev–Trinajstić information content (AvgIpc) is 3.08. The zero-order chi connectivity index (χ0) is 22.0. The number of nitrogens with two attached hydrogens (primary N) is 1. The highest BCUT2D eigenvalue weighted by Crippen LogP contribution is 2.34. The molecule has 0 radical (unpaired) electrons. The highest BCUT2D eigenvalue weighted by molar-refractivity contribution is 5.82. The van der Waals surface area contributed by atoms with Crippen LogP contribution in [0.3, 0.4) is 0 Å². The lowest BCUT2D eigenvalue weighted by atomic mass is 10.0. The van der Waals surface area contributed by atoms with Crippen LogP contribution in [0.5, 0.6) is 11.5 Å². The minimum Gasteiger partial charge on any atom is -0.486 e. The fraction of sp³-hybridized carbons (Fsp3) is 0.409. The number of aryl methyl sites for hydroxylation is 1. The summed E-state index contributed by atoms with van der Waals surface area (Å²) in [5, 5.41) is 3.38. The van der Waals surface area contributed by atoms with Crippen LogP contribution in [0.1, 0.15) is 37.2 Å². The second kappa shape index (κ2) is 8.78. The van der Waals surface area contributed by atoms with Crippen LogP contribution in [0.4, 0.5) is 10.2 Å². The summed E-state index contributed by atoms with van der Waals surface area (Å²) >= 11 is 0. The molecule has 0 bridgehead atoms. The number of benzene rings is 1. The van der Waals surface area contributed by atoms with Crippen LogP contribution < -0.4 is 20.5 Å². The SMILES string of the molecule is C#Cc1cc2c(cc1Cc1nc3c(N)nc(F)nc3n1CCCNC(C)C)OCCO2. The van der Waals surface area contributed by atoms with Crippen molar-refractivity contribution in [3.63, 3.8) is 0 Å². The van der Waals surface area contributed by atoms with E-state index >= 15 is 0 Å². The number of nitrogens with zero attached hydrogens (tertiary/aromatic N) is 4. The maximum absolute atomic E-state index is 13.9. The number of terminal acetylenes is 1. The average molecular weight is 424 g/mol. The van der Waals surface area contributed by atoms with Crippen molar-refractivity contribution in [2.75, 3.05) is 25.5 Å². The summed E-state index contributed by atoms with van der Waals surface area (Å²) in [5.41, 5.74) is 8.23. The quantitative estimate of drug-likeness (QED) is 0.341. The maximum atomic E-state index is 13.9. The van der Waals surface area contributed by atoms with Gasteiger partial charge in [0.05, 0.1) is 0 Å². The van der Waals surface area contributed by atoms with Gasteiger partial charge in [-0.1, -0.05) is 19.8 Å². The molecule has 1 aliphatic heterocycles. The zero-order valence-electron chi connectivity index (χ0n) is 17.6. The molecule has 3 N–H and O–H groups in total. The highest BCUT2D eigenvalue weighted by atomic mass is 19.1. The molecule has 0 unspecified atom stereocenters. The molecule has 3 aromatic rings. The number of anilines is 1. The molecule has 162 valence electrons. The topological polar surface area (TPSA) is 100 Å². The molecule has 0 atom stereocenters. The number of aromatic nitrogens is 4. The molecular formula is C22H25FN6O2. The Kier molecular flexibility index (Phi) is 5.91. The summed E-state index contributed by atoms with van der Waals surface area (Å²) in [5.74, 6) is 4.69. The van der Waals surface area contributed by atoms with Gasteiger partial charge in [0.25, 0.3) is 0 Å². The third-order valence-electron chi connectivity index (χ3n) is 5.06. The second-order valence-corrected chi connectivity index (χ2v) is 7.67. The van der Waals surface area contributed by atoms with Gasteiger partial charge in [-0.3, -0.25) is 0 Å². The molecule has 31 heavy (non-hydrogen) atoms. The predicted octanol–water partition coefficient (Wildman–Crippen LogP) is 2.28. The summed E-state index contributed by atoms with van der Waals surface area (Å²) in [6.07, 6.45) is 6.09. The highest BCUT2D eigenvalue weighted by Gasteiger charge is 2.20. The molecule has 0 amide bonds. The molecule has 0 fully saturated rings. The third-order valence-corrected chi connectivity index (χ3v) is 5.06. The fourth-order valence-electron chi connectivity index (χ4n) is 3.62. The Morgan fingerprint density at radius 2 is 1.97 bits per heavy atom. The van der Waals surface area contributed by atoms with Gasteiger partial charge in [-0.25, -0.2) is 4.98 Å². The smallest absolute Gasteiger partial charge is 0.312 e. The van der Waals surface area contributed by atoms with Gasteiger partial charge in [0.2, 0.25) is 0 Å². The van der Waals surface area contributed by atoms with Crippen molar-refractivity contribution >= 4 is 17.0 Å². The van der Waals surface area contributed by atoms with Crippen molar-refractivity contribution < 1.29 is 13.9 Å². The maximum Gasteiger partial charge on any atom is 0.312 e. The molecule has 0 saturated carbocycles. The van der Waals surface area contributed by atoms with Crippen LogP contribution in [-0.4, -0.2) is 45.3 Å². The monoisotopic (exact) mass is 424 g/mol. The van der Waals surface area contributed by atoms with E-state index in [1.165, 1.54) is 0 Å². The van der Waals surface area contributed by atoms with Gasteiger partial charge < -0.3 is 25.1 Å². The number of rotatable bonds is 7. The van der Waals surface area contributed by atoms with Gasteiger partial charge in [-0.2, -0.15) is 14.4 Å². The number of ether oxygens (including phenoxy) is 2. The van der Waals surface area contributed by atoms with Crippen molar-refractivity contribution in [3.8, 4) is 23.8 Å². The largest absolute Gasteiger partial charge is 0.486 e. The van der Waals surface area contributed by atoms with Crippen molar-refractivity contribution in [1.29, 1.82) is 0 Å². The first-order valence-electron chi connectivity index (χ1n) is 10.3. The van der Waals surface area contributed by atoms with Crippen LogP contribution in [0.25, 0.3) is 11.2 Å².